The molecule has 1 aromatic carbocycles. The summed E-state index contributed by atoms with van der Waals surface area (Å²) >= 11 is 0. The summed E-state index contributed by atoms with van der Waals surface area (Å²) in [5.41, 5.74) is 3.85. The van der Waals surface area contributed by atoms with E-state index in [0.717, 1.165) is 52.5 Å². The van der Waals surface area contributed by atoms with Gasteiger partial charge < -0.3 is 14.5 Å². The van der Waals surface area contributed by atoms with Crippen molar-refractivity contribution >= 4 is 16.8 Å². The van der Waals surface area contributed by atoms with E-state index >= 15 is 0 Å². The highest BCUT2D eigenvalue weighted by atomic mass is 16.2. The summed E-state index contributed by atoms with van der Waals surface area (Å²) in [7, 11) is 1.96. The lowest BCUT2D eigenvalue weighted by atomic mass is 10.1. The Morgan fingerprint density at radius 1 is 1.27 bits per heavy atom. The largest absolute Gasteiger partial charge is 0.361 e. The van der Waals surface area contributed by atoms with Crippen molar-refractivity contribution in [3.05, 3.63) is 66.0 Å². The predicted molar refractivity (Wildman–Crippen MR) is 115 cm³/mol. The molecule has 1 atom stereocenters. The van der Waals surface area contributed by atoms with Crippen LogP contribution in [0.4, 0.5) is 0 Å². The van der Waals surface area contributed by atoms with Gasteiger partial charge >= 0.3 is 0 Å². The fourth-order valence-electron chi connectivity index (χ4n) is 4.25. The van der Waals surface area contributed by atoms with Crippen molar-refractivity contribution in [2.24, 2.45) is 7.05 Å². The van der Waals surface area contributed by atoms with Crippen LogP contribution in [-0.4, -0.2) is 48.4 Å². The minimum absolute atomic E-state index is 0.149. The molecular weight excluding hydrogens is 376 g/mol. The van der Waals surface area contributed by atoms with Crippen LogP contribution in [0.3, 0.4) is 0 Å². The lowest BCUT2D eigenvalue weighted by Gasteiger charge is -2.16. The molecule has 3 aromatic heterocycles. The molecule has 4 aromatic rings. The summed E-state index contributed by atoms with van der Waals surface area (Å²) in [5, 5.41) is 1.11. The topological polar surface area (TPSA) is 79.7 Å². The van der Waals surface area contributed by atoms with Gasteiger partial charge in [0.05, 0.1) is 6.42 Å². The third kappa shape index (κ3) is 3.36. The smallest absolute Gasteiger partial charge is 0.227 e. The van der Waals surface area contributed by atoms with E-state index < -0.39 is 0 Å². The molecule has 0 bridgehead atoms. The molecule has 0 radical (unpaired) electrons. The molecule has 1 saturated heterocycles. The number of nitrogens with one attached hydrogen (secondary N) is 1. The Morgan fingerprint density at radius 2 is 2.13 bits per heavy atom. The maximum Gasteiger partial charge on any atom is 0.227 e. The Morgan fingerprint density at radius 3 is 2.97 bits per heavy atom. The van der Waals surface area contributed by atoms with Crippen LogP contribution in [0.2, 0.25) is 0 Å². The molecule has 1 fully saturated rings. The summed E-state index contributed by atoms with van der Waals surface area (Å²) in [6.07, 6.45) is 6.91. The molecule has 4 heterocycles. The van der Waals surface area contributed by atoms with Gasteiger partial charge in [-0.1, -0.05) is 18.2 Å². The van der Waals surface area contributed by atoms with E-state index in [0.29, 0.717) is 13.0 Å². The van der Waals surface area contributed by atoms with Crippen LogP contribution in [0.25, 0.3) is 22.4 Å². The Kier molecular flexibility index (Phi) is 4.58. The molecule has 0 aliphatic carbocycles. The van der Waals surface area contributed by atoms with Gasteiger partial charge in [0, 0.05) is 61.2 Å². The summed E-state index contributed by atoms with van der Waals surface area (Å²) in [6.45, 7) is 3.37. The van der Waals surface area contributed by atoms with Crippen LogP contribution in [0.1, 0.15) is 29.4 Å². The number of hydrogen-bond donors (Lipinski definition) is 1. The average Bonchev–Trinajstić information content (AvgIpc) is 3.47. The second kappa shape index (κ2) is 7.40. The second-order valence-corrected chi connectivity index (χ2v) is 7.98. The number of imidazole rings is 1. The van der Waals surface area contributed by atoms with Crippen molar-refractivity contribution in [3.8, 4) is 11.5 Å². The summed E-state index contributed by atoms with van der Waals surface area (Å²) < 4.78 is 1.96. The van der Waals surface area contributed by atoms with Crippen LogP contribution in [0.5, 0.6) is 0 Å². The molecule has 1 amide bonds. The van der Waals surface area contributed by atoms with Gasteiger partial charge in [-0.15, -0.1) is 0 Å². The Labute approximate surface area is 174 Å². The molecule has 0 unspecified atom stereocenters. The zero-order valence-corrected chi connectivity index (χ0v) is 17.2. The van der Waals surface area contributed by atoms with Crippen molar-refractivity contribution in [2.75, 3.05) is 13.1 Å². The van der Waals surface area contributed by atoms with Gasteiger partial charge in [0.15, 0.2) is 5.82 Å². The molecule has 0 saturated carbocycles. The van der Waals surface area contributed by atoms with Gasteiger partial charge in [-0.25, -0.2) is 15.0 Å². The number of para-hydroxylation sites is 1. The van der Waals surface area contributed by atoms with Crippen molar-refractivity contribution in [1.29, 1.82) is 0 Å². The van der Waals surface area contributed by atoms with Crippen LogP contribution >= 0.6 is 0 Å². The van der Waals surface area contributed by atoms with Gasteiger partial charge in [0.2, 0.25) is 5.91 Å². The highest BCUT2D eigenvalue weighted by Gasteiger charge is 2.30. The first-order chi connectivity index (χ1) is 14.6. The summed E-state index contributed by atoms with van der Waals surface area (Å²) in [4.78, 5) is 32.0. The fourth-order valence-corrected chi connectivity index (χ4v) is 4.25. The molecule has 5 rings (SSSR count). The number of likely N-dealkylation sites (tertiary alicyclic amines) is 1. The molecule has 30 heavy (non-hydrogen) atoms. The van der Waals surface area contributed by atoms with Gasteiger partial charge in [-0.05, 0) is 31.0 Å². The minimum Gasteiger partial charge on any atom is -0.361 e. The average molecular weight is 400 g/mol. The van der Waals surface area contributed by atoms with Crippen molar-refractivity contribution in [2.45, 2.75) is 25.7 Å². The summed E-state index contributed by atoms with van der Waals surface area (Å²) in [6, 6.07) is 10.0. The van der Waals surface area contributed by atoms with Crippen LogP contribution in [0, 0.1) is 6.92 Å². The number of H-pyrrole nitrogens is 1. The van der Waals surface area contributed by atoms with E-state index in [-0.39, 0.29) is 11.8 Å². The van der Waals surface area contributed by atoms with Gasteiger partial charge in [-0.3, -0.25) is 4.79 Å². The monoisotopic (exact) mass is 400 g/mol. The lowest BCUT2D eigenvalue weighted by molar-refractivity contribution is -0.129. The van der Waals surface area contributed by atoms with Gasteiger partial charge in [-0.2, -0.15) is 0 Å². The number of nitrogens with zero attached hydrogens (tertiary/aromatic N) is 5. The number of carbonyl (C=O) groups excluding carboxylic acids is 1. The quantitative estimate of drug-likeness (QED) is 0.570. The Balaban J connectivity index is 1.33. The molecule has 7 heteroatoms. The summed E-state index contributed by atoms with van der Waals surface area (Å²) in [5.74, 6) is 1.93. The number of aromatic amines is 1. The maximum absolute atomic E-state index is 13.0. The van der Waals surface area contributed by atoms with Crippen LogP contribution < -0.4 is 0 Å². The molecule has 7 nitrogen and oxygen atoms in total. The van der Waals surface area contributed by atoms with Gasteiger partial charge in [0.1, 0.15) is 11.5 Å². The van der Waals surface area contributed by atoms with Crippen molar-refractivity contribution in [1.82, 2.24) is 29.4 Å². The maximum atomic E-state index is 13.0. The third-order valence-electron chi connectivity index (χ3n) is 5.84. The normalized spacial score (nSPS) is 16.5. The molecule has 1 aliphatic rings. The second-order valence-electron chi connectivity index (χ2n) is 7.98. The van der Waals surface area contributed by atoms with E-state index in [1.54, 1.807) is 6.20 Å². The van der Waals surface area contributed by atoms with E-state index in [1.165, 1.54) is 0 Å². The molecule has 1 aliphatic heterocycles. The number of amides is 1. The third-order valence-corrected chi connectivity index (χ3v) is 5.84. The zero-order valence-electron chi connectivity index (χ0n) is 17.2. The lowest BCUT2D eigenvalue weighted by Crippen LogP contribution is -2.30. The zero-order chi connectivity index (χ0) is 20.7. The fraction of sp³-hybridized carbons (Fsp3) is 0.304. The SMILES string of the molecule is Cc1cc(-c2nccn2C)nc([C@@H]2CCN(C(=O)Cc3c[nH]c4ccccc34)C2)n1. The number of aryl methyl sites for hydroxylation is 2. The minimum atomic E-state index is 0.149. The van der Waals surface area contributed by atoms with E-state index in [9.17, 15) is 4.79 Å². The first kappa shape index (κ1) is 18.5. The Bertz CT molecular complexity index is 1220. The van der Waals surface area contributed by atoms with E-state index in [1.807, 2.05) is 60.1 Å². The highest BCUT2D eigenvalue weighted by Crippen LogP contribution is 2.28. The standard InChI is InChI=1S/C23H24N6O/c1-15-11-20(23-24-8-10-28(23)2)27-22(26-15)16-7-9-29(14-16)21(30)12-17-13-25-19-6-4-3-5-18(17)19/h3-6,8,10-11,13,16,25H,7,9,12,14H2,1-2H3/t16-/m1/s1. The van der Waals surface area contributed by atoms with Crippen LogP contribution in [0.15, 0.2) is 48.9 Å². The number of aromatic nitrogens is 5. The predicted octanol–water partition coefficient (Wildman–Crippen LogP) is 3.23. The van der Waals surface area contributed by atoms with Crippen molar-refractivity contribution < 1.29 is 4.79 Å². The van der Waals surface area contributed by atoms with E-state index in [4.69, 9.17) is 4.98 Å². The van der Waals surface area contributed by atoms with Crippen molar-refractivity contribution in [3.63, 3.8) is 0 Å². The number of fused-ring (bicyclic) bond motifs is 1. The van der Waals surface area contributed by atoms with Crippen LogP contribution in [-0.2, 0) is 18.3 Å². The number of carbonyl (C=O) groups is 1. The number of rotatable bonds is 4. The molecule has 152 valence electrons. The first-order valence-electron chi connectivity index (χ1n) is 10.2. The first-order valence-corrected chi connectivity index (χ1v) is 10.2. The van der Waals surface area contributed by atoms with Gasteiger partial charge in [0.25, 0.3) is 0 Å². The number of benzene rings is 1. The molecule has 1 N–H and O–H groups in total. The molecule has 0 spiro atoms. The highest BCUT2D eigenvalue weighted by molar-refractivity contribution is 5.89. The Hall–Kier alpha value is -3.48. The number of hydrogen-bond acceptors (Lipinski definition) is 4. The van der Waals surface area contributed by atoms with E-state index in [2.05, 4.69) is 21.0 Å². The molecular formula is C23H24N6O.